The quantitative estimate of drug-likeness (QED) is 0.774. The van der Waals surface area contributed by atoms with Crippen LogP contribution in [-0.4, -0.2) is 23.4 Å². The molecule has 0 aliphatic heterocycles. The molecule has 1 aromatic carbocycles. The number of aromatic nitrogens is 2. The van der Waals surface area contributed by atoms with Crippen LogP contribution in [0, 0.1) is 3.57 Å². The highest BCUT2D eigenvalue weighted by molar-refractivity contribution is 14.1. The van der Waals surface area contributed by atoms with Gasteiger partial charge < -0.3 is 10.1 Å². The van der Waals surface area contributed by atoms with Crippen molar-refractivity contribution in [2.45, 2.75) is 26.3 Å². The molecule has 108 valence electrons. The van der Waals surface area contributed by atoms with Gasteiger partial charge in [-0.25, -0.2) is 4.68 Å². The van der Waals surface area contributed by atoms with Crippen LogP contribution in [0.15, 0.2) is 30.6 Å². The lowest BCUT2D eigenvalue weighted by Gasteiger charge is -2.20. The number of ether oxygens (including phenoxy) is 1. The Morgan fingerprint density at radius 3 is 2.85 bits per heavy atom. The van der Waals surface area contributed by atoms with E-state index in [0.29, 0.717) is 0 Å². The van der Waals surface area contributed by atoms with Gasteiger partial charge in [-0.3, -0.25) is 0 Å². The predicted molar refractivity (Wildman–Crippen MR) is 89.5 cm³/mol. The normalized spacial score (nSPS) is 12.4. The van der Waals surface area contributed by atoms with Crippen molar-refractivity contribution in [1.82, 2.24) is 15.1 Å². The summed E-state index contributed by atoms with van der Waals surface area (Å²) in [6.45, 7) is 5.31. The van der Waals surface area contributed by atoms with E-state index < -0.39 is 0 Å². The van der Waals surface area contributed by atoms with Crippen molar-refractivity contribution < 1.29 is 4.74 Å². The molecule has 1 N–H and O–H groups in total. The number of halogens is 1. The van der Waals surface area contributed by atoms with E-state index >= 15 is 0 Å². The lowest BCUT2D eigenvalue weighted by Crippen LogP contribution is -2.21. The summed E-state index contributed by atoms with van der Waals surface area (Å²) in [4.78, 5) is 0. The van der Waals surface area contributed by atoms with Crippen LogP contribution in [0.5, 0.6) is 5.75 Å². The van der Waals surface area contributed by atoms with Crippen LogP contribution in [0.25, 0.3) is 5.69 Å². The summed E-state index contributed by atoms with van der Waals surface area (Å²) in [6.07, 6.45) is 4.98. The van der Waals surface area contributed by atoms with E-state index in [4.69, 9.17) is 4.74 Å². The third-order valence-corrected chi connectivity index (χ3v) is 3.75. The predicted octanol–water partition coefficient (Wildman–Crippen LogP) is 3.55. The van der Waals surface area contributed by atoms with E-state index in [1.54, 1.807) is 7.11 Å². The molecule has 0 aliphatic rings. The molecular weight excluding hydrogens is 365 g/mol. The van der Waals surface area contributed by atoms with Gasteiger partial charge >= 0.3 is 0 Å². The van der Waals surface area contributed by atoms with E-state index in [2.05, 4.69) is 52.9 Å². The Balaban J connectivity index is 2.45. The van der Waals surface area contributed by atoms with Crippen LogP contribution >= 0.6 is 22.6 Å². The van der Waals surface area contributed by atoms with Crippen LogP contribution in [-0.2, 0) is 0 Å². The molecule has 4 nitrogen and oxygen atoms in total. The monoisotopic (exact) mass is 385 g/mol. The lowest BCUT2D eigenvalue weighted by molar-refractivity contribution is 0.401. The second-order valence-electron chi connectivity index (χ2n) is 4.67. The van der Waals surface area contributed by atoms with E-state index in [0.717, 1.165) is 33.5 Å². The van der Waals surface area contributed by atoms with Crippen molar-refractivity contribution in [3.8, 4) is 11.4 Å². The molecule has 2 rings (SSSR count). The topological polar surface area (TPSA) is 39.1 Å². The van der Waals surface area contributed by atoms with Gasteiger partial charge in [-0.1, -0.05) is 13.0 Å². The van der Waals surface area contributed by atoms with Crippen molar-refractivity contribution in [1.29, 1.82) is 0 Å². The molecule has 0 spiro atoms. The van der Waals surface area contributed by atoms with E-state index in [-0.39, 0.29) is 6.04 Å². The van der Waals surface area contributed by atoms with Crippen molar-refractivity contribution in [2.24, 2.45) is 0 Å². The average molecular weight is 385 g/mol. The Morgan fingerprint density at radius 2 is 2.25 bits per heavy atom. The van der Waals surface area contributed by atoms with Crippen molar-refractivity contribution in [3.05, 3.63) is 39.7 Å². The molecule has 20 heavy (non-hydrogen) atoms. The standard InChI is InChI=1S/C15H20IN3O/c1-4-8-17-11(2)15-13(6-5-7-14(15)20-3)19-10-12(16)9-18-19/h5-7,9-11,17H,4,8H2,1-3H3. The highest BCUT2D eigenvalue weighted by Gasteiger charge is 2.17. The van der Waals surface area contributed by atoms with Crippen molar-refractivity contribution in [2.75, 3.05) is 13.7 Å². The molecule has 1 unspecified atom stereocenters. The molecule has 0 aliphatic carbocycles. The summed E-state index contributed by atoms with van der Waals surface area (Å²) in [5.41, 5.74) is 2.20. The van der Waals surface area contributed by atoms with E-state index in [9.17, 15) is 0 Å². The second kappa shape index (κ2) is 7.08. The van der Waals surface area contributed by atoms with Crippen LogP contribution in [0.4, 0.5) is 0 Å². The summed E-state index contributed by atoms with van der Waals surface area (Å²) in [5, 5.41) is 7.93. The Labute approximate surface area is 133 Å². The van der Waals surface area contributed by atoms with Crippen LogP contribution in [0.1, 0.15) is 31.9 Å². The first-order chi connectivity index (χ1) is 9.67. The van der Waals surface area contributed by atoms with Gasteiger partial charge in [0.25, 0.3) is 0 Å². The maximum Gasteiger partial charge on any atom is 0.125 e. The van der Waals surface area contributed by atoms with Gasteiger partial charge in [-0.05, 0) is 54.6 Å². The Bertz CT molecular complexity index is 568. The van der Waals surface area contributed by atoms with Crippen molar-refractivity contribution >= 4 is 22.6 Å². The fraction of sp³-hybridized carbons (Fsp3) is 0.400. The Hall–Kier alpha value is -1.08. The zero-order valence-corrected chi connectivity index (χ0v) is 14.2. The fourth-order valence-electron chi connectivity index (χ4n) is 2.24. The molecule has 1 heterocycles. The Kier molecular flexibility index (Phi) is 5.42. The molecular formula is C15H20IN3O. The molecule has 0 fully saturated rings. The minimum atomic E-state index is 0.211. The van der Waals surface area contributed by atoms with Gasteiger partial charge in [0, 0.05) is 17.8 Å². The third kappa shape index (κ3) is 3.32. The molecule has 5 heteroatoms. The summed E-state index contributed by atoms with van der Waals surface area (Å²) < 4.78 is 8.56. The number of hydrogen-bond acceptors (Lipinski definition) is 3. The molecule has 0 bridgehead atoms. The van der Waals surface area contributed by atoms with Crippen LogP contribution < -0.4 is 10.1 Å². The first-order valence-corrected chi connectivity index (χ1v) is 7.86. The number of benzene rings is 1. The number of rotatable bonds is 6. The zero-order valence-electron chi connectivity index (χ0n) is 12.1. The SMILES string of the molecule is CCCNC(C)c1c(OC)cccc1-n1cc(I)cn1. The average Bonchev–Trinajstić information content (AvgIpc) is 2.90. The molecule has 0 saturated carbocycles. The summed E-state index contributed by atoms with van der Waals surface area (Å²) in [6, 6.07) is 6.28. The van der Waals surface area contributed by atoms with Gasteiger partial charge in [-0.2, -0.15) is 5.10 Å². The van der Waals surface area contributed by atoms with E-state index in [1.807, 2.05) is 29.2 Å². The smallest absolute Gasteiger partial charge is 0.125 e. The molecule has 1 aromatic heterocycles. The minimum absolute atomic E-state index is 0.211. The highest BCUT2D eigenvalue weighted by Crippen LogP contribution is 2.31. The third-order valence-electron chi connectivity index (χ3n) is 3.19. The van der Waals surface area contributed by atoms with Crippen LogP contribution in [0.2, 0.25) is 0 Å². The number of hydrogen-bond donors (Lipinski definition) is 1. The fourth-order valence-corrected chi connectivity index (χ4v) is 2.63. The lowest BCUT2D eigenvalue weighted by atomic mass is 10.0. The number of nitrogens with one attached hydrogen (secondary N) is 1. The molecule has 0 saturated heterocycles. The second-order valence-corrected chi connectivity index (χ2v) is 5.92. The first-order valence-electron chi connectivity index (χ1n) is 6.78. The van der Waals surface area contributed by atoms with Gasteiger partial charge in [0.2, 0.25) is 0 Å². The maximum absolute atomic E-state index is 5.53. The Morgan fingerprint density at radius 1 is 1.45 bits per heavy atom. The number of methoxy groups -OCH3 is 1. The minimum Gasteiger partial charge on any atom is -0.496 e. The molecule has 1 atom stereocenters. The van der Waals surface area contributed by atoms with Gasteiger partial charge in [0.05, 0.1) is 22.6 Å². The first kappa shape index (κ1) is 15.3. The van der Waals surface area contributed by atoms with Gasteiger partial charge in [0.1, 0.15) is 5.75 Å². The number of nitrogens with zero attached hydrogens (tertiary/aromatic N) is 2. The van der Waals surface area contributed by atoms with Gasteiger partial charge in [-0.15, -0.1) is 0 Å². The van der Waals surface area contributed by atoms with Crippen molar-refractivity contribution in [3.63, 3.8) is 0 Å². The van der Waals surface area contributed by atoms with Crippen LogP contribution in [0.3, 0.4) is 0 Å². The zero-order chi connectivity index (χ0) is 14.5. The highest BCUT2D eigenvalue weighted by atomic mass is 127. The molecule has 0 amide bonds. The molecule has 2 aromatic rings. The summed E-state index contributed by atoms with van der Waals surface area (Å²) in [5.74, 6) is 0.893. The van der Waals surface area contributed by atoms with Gasteiger partial charge in [0.15, 0.2) is 0 Å². The summed E-state index contributed by atoms with van der Waals surface area (Å²) >= 11 is 2.27. The maximum atomic E-state index is 5.53. The van der Waals surface area contributed by atoms with E-state index in [1.165, 1.54) is 0 Å². The molecule has 0 radical (unpaired) electrons. The largest absolute Gasteiger partial charge is 0.496 e. The summed E-state index contributed by atoms with van der Waals surface area (Å²) in [7, 11) is 1.71.